The molecule has 0 spiro atoms. The summed E-state index contributed by atoms with van der Waals surface area (Å²) in [5, 5.41) is 12.0. The van der Waals surface area contributed by atoms with E-state index in [0.717, 1.165) is 10.6 Å². The topological polar surface area (TPSA) is 81.2 Å². The van der Waals surface area contributed by atoms with E-state index in [4.69, 9.17) is 21.7 Å². The van der Waals surface area contributed by atoms with Gasteiger partial charge in [-0.2, -0.15) is 5.10 Å². The number of para-hydroxylation sites is 2. The maximum atomic E-state index is 13.1. The maximum Gasteiger partial charge on any atom is 0.247 e. The van der Waals surface area contributed by atoms with Crippen molar-refractivity contribution in [2.45, 2.75) is 19.9 Å². The monoisotopic (exact) mass is 466 g/mol. The Hall–Kier alpha value is -3.43. The fourth-order valence-electron chi connectivity index (χ4n) is 3.15. The molecule has 0 aliphatic heterocycles. The van der Waals surface area contributed by atoms with E-state index < -0.39 is 6.04 Å². The van der Waals surface area contributed by atoms with Crippen LogP contribution in [0, 0.1) is 4.77 Å². The predicted octanol–water partition coefficient (Wildman–Crippen LogP) is 6.06. The Morgan fingerprint density at radius 3 is 2.62 bits per heavy atom. The summed E-state index contributed by atoms with van der Waals surface area (Å²) in [6, 6.07) is 17.9. The molecular weight excluding hydrogens is 444 g/mol. The number of rotatable bonds is 8. The molecule has 4 aromatic rings. The molecule has 4 rings (SSSR count). The molecule has 2 aromatic carbocycles. The van der Waals surface area contributed by atoms with E-state index in [2.05, 4.69) is 15.5 Å². The standard InChI is InChI=1S/C23H22N4O3S2/c1-3-29-16-10-12-17(13-11-16)30-19-8-5-4-7-18(19)24-22(28)15(2)27-21(25-26-23(27)31)20-9-6-14-32-20/h4-15H,3H2,1-2H3,(H,24,28)(H,26,31). The van der Waals surface area contributed by atoms with Crippen molar-refractivity contribution in [3.05, 3.63) is 70.8 Å². The van der Waals surface area contributed by atoms with Crippen LogP contribution in [0.2, 0.25) is 0 Å². The highest BCUT2D eigenvalue weighted by Gasteiger charge is 2.22. The van der Waals surface area contributed by atoms with Crippen molar-refractivity contribution in [3.8, 4) is 28.0 Å². The summed E-state index contributed by atoms with van der Waals surface area (Å²) in [6.45, 7) is 4.32. The second-order valence-electron chi connectivity index (χ2n) is 6.87. The quantitative estimate of drug-likeness (QED) is 0.309. The van der Waals surface area contributed by atoms with Gasteiger partial charge in [-0.15, -0.1) is 11.3 Å². The van der Waals surface area contributed by atoms with Crippen LogP contribution in [0.15, 0.2) is 66.0 Å². The van der Waals surface area contributed by atoms with Gasteiger partial charge in [0.25, 0.3) is 0 Å². The lowest BCUT2D eigenvalue weighted by atomic mass is 10.2. The predicted molar refractivity (Wildman–Crippen MR) is 128 cm³/mol. The Balaban J connectivity index is 1.53. The van der Waals surface area contributed by atoms with Gasteiger partial charge in [0.15, 0.2) is 16.3 Å². The summed E-state index contributed by atoms with van der Waals surface area (Å²) in [7, 11) is 0. The lowest BCUT2D eigenvalue weighted by Gasteiger charge is -2.17. The average molecular weight is 467 g/mol. The Labute approximate surface area is 194 Å². The molecule has 7 nitrogen and oxygen atoms in total. The van der Waals surface area contributed by atoms with E-state index in [1.165, 1.54) is 11.3 Å². The van der Waals surface area contributed by atoms with E-state index in [1.807, 2.05) is 60.8 Å². The first-order chi connectivity index (χ1) is 15.6. The minimum atomic E-state index is -0.586. The van der Waals surface area contributed by atoms with Gasteiger partial charge in [-0.05, 0) is 73.9 Å². The average Bonchev–Trinajstić information content (AvgIpc) is 3.46. The van der Waals surface area contributed by atoms with Gasteiger partial charge < -0.3 is 14.8 Å². The van der Waals surface area contributed by atoms with Crippen LogP contribution in [0.4, 0.5) is 5.69 Å². The van der Waals surface area contributed by atoms with Crippen molar-refractivity contribution in [2.75, 3.05) is 11.9 Å². The molecule has 2 heterocycles. The fourth-order valence-corrected chi connectivity index (χ4v) is 4.15. The van der Waals surface area contributed by atoms with Crippen molar-refractivity contribution in [3.63, 3.8) is 0 Å². The summed E-state index contributed by atoms with van der Waals surface area (Å²) in [5.41, 5.74) is 0.561. The molecule has 2 N–H and O–H groups in total. The Bertz CT molecular complexity index is 1250. The van der Waals surface area contributed by atoms with Crippen molar-refractivity contribution < 1.29 is 14.3 Å². The Morgan fingerprint density at radius 2 is 1.91 bits per heavy atom. The Kier molecular flexibility index (Phi) is 6.67. The molecule has 1 amide bonds. The van der Waals surface area contributed by atoms with E-state index in [0.29, 0.717) is 34.4 Å². The molecule has 0 saturated carbocycles. The minimum absolute atomic E-state index is 0.233. The third-order valence-corrected chi connectivity index (χ3v) is 5.87. The third-order valence-electron chi connectivity index (χ3n) is 4.72. The Morgan fingerprint density at radius 1 is 1.16 bits per heavy atom. The number of H-pyrrole nitrogens is 1. The van der Waals surface area contributed by atoms with Gasteiger partial charge in [0.1, 0.15) is 17.5 Å². The summed E-state index contributed by atoms with van der Waals surface area (Å²) < 4.78 is 13.6. The number of amides is 1. The van der Waals surface area contributed by atoms with Gasteiger partial charge in [0.05, 0.1) is 17.2 Å². The number of nitrogens with zero attached hydrogens (tertiary/aromatic N) is 2. The molecular formula is C23H22N4O3S2. The first-order valence-corrected chi connectivity index (χ1v) is 11.4. The van der Waals surface area contributed by atoms with Crippen LogP contribution >= 0.6 is 23.6 Å². The smallest absolute Gasteiger partial charge is 0.247 e. The molecule has 32 heavy (non-hydrogen) atoms. The van der Waals surface area contributed by atoms with Crippen LogP contribution in [0.3, 0.4) is 0 Å². The highest BCUT2D eigenvalue weighted by Crippen LogP contribution is 2.31. The number of ether oxygens (including phenoxy) is 2. The molecule has 0 bridgehead atoms. The number of aromatic nitrogens is 3. The molecule has 0 saturated heterocycles. The molecule has 0 radical (unpaired) electrons. The number of carbonyl (C=O) groups is 1. The molecule has 2 aromatic heterocycles. The first kappa shape index (κ1) is 21.8. The van der Waals surface area contributed by atoms with Crippen molar-refractivity contribution in [2.24, 2.45) is 0 Å². The molecule has 0 aliphatic rings. The van der Waals surface area contributed by atoms with Crippen molar-refractivity contribution >= 4 is 35.1 Å². The highest BCUT2D eigenvalue weighted by molar-refractivity contribution is 7.71. The molecule has 0 fully saturated rings. The number of anilines is 1. The fraction of sp³-hybridized carbons (Fsp3) is 0.174. The molecule has 0 aliphatic carbocycles. The zero-order valence-corrected chi connectivity index (χ0v) is 19.2. The van der Waals surface area contributed by atoms with Crippen LogP contribution in [0.1, 0.15) is 19.9 Å². The SMILES string of the molecule is CCOc1ccc(Oc2ccccc2NC(=O)C(C)n2c(-c3cccs3)n[nH]c2=S)cc1. The van der Waals surface area contributed by atoms with Gasteiger partial charge in [-0.3, -0.25) is 14.5 Å². The van der Waals surface area contributed by atoms with Crippen LogP contribution in [0.5, 0.6) is 17.2 Å². The number of carbonyl (C=O) groups excluding carboxylic acids is 1. The second-order valence-corrected chi connectivity index (χ2v) is 8.20. The van der Waals surface area contributed by atoms with Crippen LogP contribution in [0.25, 0.3) is 10.7 Å². The van der Waals surface area contributed by atoms with Gasteiger partial charge >= 0.3 is 0 Å². The number of aromatic amines is 1. The zero-order chi connectivity index (χ0) is 22.5. The van der Waals surface area contributed by atoms with Gasteiger partial charge in [0, 0.05) is 0 Å². The van der Waals surface area contributed by atoms with Crippen LogP contribution < -0.4 is 14.8 Å². The molecule has 9 heteroatoms. The number of nitrogens with one attached hydrogen (secondary N) is 2. The lowest BCUT2D eigenvalue weighted by molar-refractivity contribution is -0.118. The largest absolute Gasteiger partial charge is 0.494 e. The van der Waals surface area contributed by atoms with Gasteiger partial charge in [0.2, 0.25) is 5.91 Å². The minimum Gasteiger partial charge on any atom is -0.494 e. The first-order valence-electron chi connectivity index (χ1n) is 10.1. The molecule has 164 valence electrons. The number of benzene rings is 2. The van der Waals surface area contributed by atoms with Gasteiger partial charge in [-0.1, -0.05) is 18.2 Å². The zero-order valence-electron chi connectivity index (χ0n) is 17.6. The van der Waals surface area contributed by atoms with E-state index in [1.54, 1.807) is 23.6 Å². The normalized spacial score (nSPS) is 11.7. The maximum absolute atomic E-state index is 13.1. The van der Waals surface area contributed by atoms with Gasteiger partial charge in [-0.25, -0.2) is 0 Å². The van der Waals surface area contributed by atoms with Crippen molar-refractivity contribution in [1.82, 2.24) is 14.8 Å². The summed E-state index contributed by atoms with van der Waals surface area (Å²) >= 11 is 6.92. The number of thiophene rings is 1. The van der Waals surface area contributed by atoms with Crippen molar-refractivity contribution in [1.29, 1.82) is 0 Å². The highest BCUT2D eigenvalue weighted by atomic mass is 32.1. The lowest BCUT2D eigenvalue weighted by Crippen LogP contribution is -2.24. The molecule has 1 unspecified atom stereocenters. The van der Waals surface area contributed by atoms with Crippen LogP contribution in [-0.2, 0) is 4.79 Å². The number of hydrogen-bond donors (Lipinski definition) is 2. The third kappa shape index (κ3) is 4.74. The van der Waals surface area contributed by atoms with E-state index >= 15 is 0 Å². The second kappa shape index (κ2) is 9.80. The number of hydrogen-bond acceptors (Lipinski definition) is 6. The summed E-state index contributed by atoms with van der Waals surface area (Å²) in [5.74, 6) is 2.34. The summed E-state index contributed by atoms with van der Waals surface area (Å²) in [4.78, 5) is 14.0. The summed E-state index contributed by atoms with van der Waals surface area (Å²) in [6.07, 6.45) is 0. The molecule has 1 atom stereocenters. The van der Waals surface area contributed by atoms with E-state index in [-0.39, 0.29) is 5.91 Å². The van der Waals surface area contributed by atoms with E-state index in [9.17, 15) is 4.79 Å². The van der Waals surface area contributed by atoms with Crippen LogP contribution in [-0.4, -0.2) is 27.3 Å².